The van der Waals surface area contributed by atoms with Crippen molar-refractivity contribution in [2.75, 3.05) is 0 Å². The van der Waals surface area contributed by atoms with Gasteiger partial charge in [0, 0.05) is 17.9 Å². The van der Waals surface area contributed by atoms with E-state index in [1.165, 1.54) is 57.8 Å². The molecule has 2 N–H and O–H groups in total. The molecule has 0 aromatic carbocycles. The van der Waals surface area contributed by atoms with Crippen LogP contribution >= 0.6 is 0 Å². The molecule has 0 amide bonds. The molecule has 4 aliphatic carbocycles. The lowest BCUT2D eigenvalue weighted by Gasteiger charge is -2.60. The number of ketones is 1. The van der Waals surface area contributed by atoms with Crippen molar-refractivity contribution >= 4 is 5.78 Å². The Labute approximate surface area is 161 Å². The average Bonchev–Trinajstić information content (AvgIpc) is 2.96. The van der Waals surface area contributed by atoms with E-state index < -0.39 is 0 Å². The quantitative estimate of drug-likeness (QED) is 0.714. The smallest absolute Gasteiger partial charge is 0.139 e. The molecule has 148 valence electrons. The first kappa shape index (κ1) is 19.0. The zero-order valence-electron chi connectivity index (χ0n) is 17.6. The van der Waals surface area contributed by atoms with Crippen molar-refractivity contribution in [3.63, 3.8) is 0 Å². The van der Waals surface area contributed by atoms with E-state index in [4.69, 9.17) is 5.73 Å². The van der Waals surface area contributed by atoms with Gasteiger partial charge in [0.05, 0.1) is 0 Å². The SMILES string of the molecule is CCCC(C)[C@H]1CCC2C3CC[C@@H]4C[C@@H](N)CC[C@]4(C)C3CC(=O)[C@@]21C. The third kappa shape index (κ3) is 2.57. The summed E-state index contributed by atoms with van der Waals surface area (Å²) in [4.78, 5) is 13.6. The summed E-state index contributed by atoms with van der Waals surface area (Å²) in [6, 6.07) is 0.403. The van der Waals surface area contributed by atoms with Crippen molar-refractivity contribution in [3.8, 4) is 0 Å². The molecule has 4 unspecified atom stereocenters. The Bertz CT molecular complexity index is 558. The molecule has 0 spiro atoms. The van der Waals surface area contributed by atoms with Crippen LogP contribution in [0.15, 0.2) is 0 Å². The lowest BCUT2D eigenvalue weighted by atomic mass is 9.44. The third-order valence-electron chi connectivity index (χ3n) is 10.1. The van der Waals surface area contributed by atoms with Crippen LogP contribution in [0.1, 0.15) is 91.9 Å². The van der Waals surface area contributed by atoms with E-state index in [9.17, 15) is 4.79 Å². The van der Waals surface area contributed by atoms with E-state index in [0.717, 1.165) is 18.3 Å². The summed E-state index contributed by atoms with van der Waals surface area (Å²) >= 11 is 0. The number of fused-ring (bicyclic) bond motifs is 5. The minimum absolute atomic E-state index is 0.0238. The second-order valence-electron chi connectivity index (χ2n) is 11.1. The predicted molar refractivity (Wildman–Crippen MR) is 108 cm³/mol. The van der Waals surface area contributed by atoms with Gasteiger partial charge in [0.2, 0.25) is 0 Å². The van der Waals surface area contributed by atoms with Gasteiger partial charge in [0.1, 0.15) is 5.78 Å². The fourth-order valence-electron chi connectivity index (χ4n) is 8.60. The van der Waals surface area contributed by atoms with Crippen molar-refractivity contribution in [1.29, 1.82) is 0 Å². The van der Waals surface area contributed by atoms with Crippen LogP contribution in [0.5, 0.6) is 0 Å². The second-order valence-corrected chi connectivity index (χ2v) is 11.1. The first-order chi connectivity index (χ1) is 12.3. The normalized spacial score (nSPS) is 52.1. The molecule has 4 saturated carbocycles. The van der Waals surface area contributed by atoms with Crippen molar-refractivity contribution in [3.05, 3.63) is 0 Å². The van der Waals surface area contributed by atoms with E-state index in [0.29, 0.717) is 40.9 Å². The molecular formula is C24H41NO. The van der Waals surface area contributed by atoms with Gasteiger partial charge in [-0.25, -0.2) is 0 Å². The van der Waals surface area contributed by atoms with Gasteiger partial charge >= 0.3 is 0 Å². The Kier molecular flexibility index (Phi) is 4.82. The summed E-state index contributed by atoms with van der Waals surface area (Å²) in [7, 11) is 0. The minimum atomic E-state index is -0.0238. The van der Waals surface area contributed by atoms with Gasteiger partial charge in [-0.15, -0.1) is 0 Å². The molecule has 0 heterocycles. The summed E-state index contributed by atoms with van der Waals surface area (Å²) in [5.74, 6) is 4.83. The highest BCUT2D eigenvalue weighted by atomic mass is 16.1. The van der Waals surface area contributed by atoms with Gasteiger partial charge < -0.3 is 5.73 Å². The molecule has 4 fully saturated rings. The summed E-state index contributed by atoms with van der Waals surface area (Å²) in [5.41, 5.74) is 6.67. The lowest BCUT2D eigenvalue weighted by molar-refractivity contribution is -0.157. The number of nitrogens with two attached hydrogens (primary N) is 1. The van der Waals surface area contributed by atoms with Gasteiger partial charge in [0.25, 0.3) is 0 Å². The van der Waals surface area contributed by atoms with Crippen molar-refractivity contribution in [2.45, 2.75) is 97.9 Å². The Morgan fingerprint density at radius 2 is 1.88 bits per heavy atom. The van der Waals surface area contributed by atoms with E-state index >= 15 is 0 Å². The highest BCUT2D eigenvalue weighted by molar-refractivity contribution is 5.87. The fourth-order valence-corrected chi connectivity index (χ4v) is 8.60. The Hall–Kier alpha value is -0.370. The van der Waals surface area contributed by atoms with Gasteiger partial charge in [-0.05, 0) is 85.9 Å². The third-order valence-corrected chi connectivity index (χ3v) is 10.1. The zero-order valence-corrected chi connectivity index (χ0v) is 17.6. The molecule has 2 nitrogen and oxygen atoms in total. The molecule has 4 rings (SSSR count). The molecule has 0 aromatic rings. The summed E-state index contributed by atoms with van der Waals surface area (Å²) < 4.78 is 0. The topological polar surface area (TPSA) is 43.1 Å². The van der Waals surface area contributed by atoms with E-state index in [-0.39, 0.29) is 5.41 Å². The Morgan fingerprint density at radius 3 is 2.62 bits per heavy atom. The van der Waals surface area contributed by atoms with Crippen molar-refractivity contribution in [1.82, 2.24) is 0 Å². The molecule has 4 aliphatic rings. The van der Waals surface area contributed by atoms with Crippen molar-refractivity contribution < 1.29 is 4.79 Å². The molecule has 0 aromatic heterocycles. The maximum absolute atomic E-state index is 13.6. The van der Waals surface area contributed by atoms with Crippen LogP contribution in [-0.2, 0) is 4.79 Å². The molecule has 0 bridgehead atoms. The maximum atomic E-state index is 13.6. The molecule has 0 aliphatic heterocycles. The van der Waals surface area contributed by atoms with Gasteiger partial charge in [-0.1, -0.05) is 40.5 Å². The van der Waals surface area contributed by atoms with Crippen LogP contribution in [0.3, 0.4) is 0 Å². The Morgan fingerprint density at radius 1 is 1.12 bits per heavy atom. The van der Waals surface area contributed by atoms with Gasteiger partial charge in [-0.3, -0.25) is 4.79 Å². The van der Waals surface area contributed by atoms with Gasteiger partial charge in [-0.2, -0.15) is 0 Å². The van der Waals surface area contributed by atoms with Crippen LogP contribution in [0.25, 0.3) is 0 Å². The largest absolute Gasteiger partial charge is 0.328 e. The van der Waals surface area contributed by atoms with Crippen molar-refractivity contribution in [2.24, 2.45) is 52.1 Å². The molecular weight excluding hydrogens is 318 g/mol. The van der Waals surface area contributed by atoms with Crippen LogP contribution in [0, 0.1) is 46.3 Å². The van der Waals surface area contributed by atoms with Crippen LogP contribution < -0.4 is 5.73 Å². The first-order valence-electron chi connectivity index (χ1n) is 11.6. The number of rotatable bonds is 3. The predicted octanol–water partition coefficient (Wildman–Crippen LogP) is 5.59. The molecule has 0 radical (unpaired) electrons. The summed E-state index contributed by atoms with van der Waals surface area (Å²) in [5, 5.41) is 0. The van der Waals surface area contributed by atoms with Crippen LogP contribution in [0.2, 0.25) is 0 Å². The van der Waals surface area contributed by atoms with E-state index in [1.807, 2.05) is 0 Å². The second kappa shape index (κ2) is 6.61. The number of hydrogen-bond donors (Lipinski definition) is 1. The monoisotopic (exact) mass is 359 g/mol. The zero-order chi connectivity index (χ0) is 18.7. The number of carbonyl (C=O) groups excluding carboxylic acids is 1. The van der Waals surface area contributed by atoms with Crippen LogP contribution in [-0.4, -0.2) is 11.8 Å². The highest BCUT2D eigenvalue weighted by Gasteiger charge is 2.63. The van der Waals surface area contributed by atoms with Crippen LogP contribution in [0.4, 0.5) is 0 Å². The Balaban J connectivity index is 1.62. The number of Topliss-reactive ketones (excluding diaryl/α,β-unsaturated/α-hetero) is 1. The summed E-state index contributed by atoms with van der Waals surface area (Å²) in [6.07, 6.45) is 12.4. The van der Waals surface area contributed by atoms with Gasteiger partial charge in [0.15, 0.2) is 0 Å². The maximum Gasteiger partial charge on any atom is 0.139 e. The minimum Gasteiger partial charge on any atom is -0.328 e. The number of hydrogen-bond acceptors (Lipinski definition) is 2. The van der Waals surface area contributed by atoms with E-state index in [2.05, 4.69) is 27.7 Å². The van der Waals surface area contributed by atoms with E-state index in [1.54, 1.807) is 0 Å². The number of carbonyl (C=O) groups is 1. The molecule has 9 atom stereocenters. The average molecular weight is 360 g/mol. The first-order valence-corrected chi connectivity index (χ1v) is 11.6. The molecule has 2 heteroatoms. The fraction of sp³-hybridized carbons (Fsp3) is 0.958. The molecule has 0 saturated heterocycles. The standard InChI is InChI=1S/C24H41NO/c1-5-6-15(2)19-9-10-20-18-8-7-16-13-17(25)11-12-23(16,3)21(18)14-22(26)24(19,20)4/h15-21H,5-14,25H2,1-4H3/t15?,16-,17+,18?,19-,20?,21?,23+,24-/m1/s1. The summed E-state index contributed by atoms with van der Waals surface area (Å²) in [6.45, 7) is 9.62. The lowest BCUT2D eigenvalue weighted by Crippen LogP contribution is -2.57. The molecule has 26 heavy (non-hydrogen) atoms. The highest BCUT2D eigenvalue weighted by Crippen LogP contribution is 2.67.